The first kappa shape index (κ1) is 46.8. The Morgan fingerprint density at radius 2 is 1.35 bits per heavy atom. The molecule has 2 aliphatic rings. The molecule has 1 saturated carbocycles. The molecule has 3 aromatic carbocycles. The van der Waals surface area contributed by atoms with Crippen LogP contribution in [0.4, 0.5) is 4.39 Å². The fraction of sp³-hybridized carbons (Fsp3) is 0.538. The average molecular weight is 825 g/mol. The number of halogens is 1. The molecule has 326 valence electrons. The molecule has 0 N–H and O–H groups in total. The first-order valence-electron chi connectivity index (χ1n) is 22.4. The highest BCUT2D eigenvalue weighted by atomic mass is 19.1. The minimum atomic E-state index is -0.635. The van der Waals surface area contributed by atoms with Crippen LogP contribution in [0.15, 0.2) is 72.8 Å². The van der Waals surface area contributed by atoms with E-state index in [2.05, 4.69) is 51.3 Å². The first-order chi connectivity index (χ1) is 28.8. The van der Waals surface area contributed by atoms with E-state index in [0.717, 1.165) is 69.9 Å². The molecule has 60 heavy (non-hydrogen) atoms. The minimum absolute atomic E-state index is 0.0360. The van der Waals surface area contributed by atoms with Gasteiger partial charge in [0.05, 0.1) is 33.0 Å². The van der Waals surface area contributed by atoms with Gasteiger partial charge in [0.1, 0.15) is 11.6 Å². The summed E-state index contributed by atoms with van der Waals surface area (Å²) >= 11 is 0. The zero-order valence-corrected chi connectivity index (χ0v) is 37.2. The van der Waals surface area contributed by atoms with E-state index in [4.69, 9.17) is 23.7 Å². The summed E-state index contributed by atoms with van der Waals surface area (Å²) in [6.07, 6.45) is 13.1. The van der Waals surface area contributed by atoms with Crippen molar-refractivity contribution in [1.82, 2.24) is 0 Å². The maximum absolute atomic E-state index is 15.9. The van der Waals surface area contributed by atoms with Crippen molar-refractivity contribution in [1.29, 1.82) is 0 Å². The van der Waals surface area contributed by atoms with Crippen molar-refractivity contribution in [3.63, 3.8) is 0 Å². The normalized spacial score (nSPS) is 17.9. The number of carbonyl (C=O) groups excluding carboxylic acids is 2. The maximum atomic E-state index is 15.9. The van der Waals surface area contributed by atoms with Crippen LogP contribution in [-0.2, 0) is 47.8 Å². The number of hydrogen-bond acceptors (Lipinski definition) is 7. The Kier molecular flexibility index (Phi) is 17.6. The summed E-state index contributed by atoms with van der Waals surface area (Å²) in [5, 5.41) is 0. The van der Waals surface area contributed by atoms with Crippen LogP contribution in [0.2, 0.25) is 0 Å². The molecule has 1 heterocycles. The van der Waals surface area contributed by atoms with Crippen molar-refractivity contribution >= 4 is 11.9 Å². The molecule has 0 radical (unpaired) electrons. The Labute approximate surface area is 359 Å². The minimum Gasteiger partial charge on any atom is -0.493 e. The molecule has 5 rings (SSSR count). The van der Waals surface area contributed by atoms with Gasteiger partial charge in [0, 0.05) is 22.6 Å². The van der Waals surface area contributed by atoms with Gasteiger partial charge in [-0.2, -0.15) is 0 Å². The summed E-state index contributed by atoms with van der Waals surface area (Å²) in [4.78, 5) is 24.5. The lowest BCUT2D eigenvalue weighted by atomic mass is 9.77. The smallest absolute Gasteiger partial charge is 0.333 e. The van der Waals surface area contributed by atoms with Crippen LogP contribution in [0.1, 0.15) is 134 Å². The SMILES string of the molecule is C=C(C)C(=O)OCCCc1cc(-c2ccc(-c3ccc(C4CCC(CCCCC)CC4)cc3F)cc2)c(CC)c(CCCOC(=O)C(=C)C)c1OCC1COC(C)(C)OC1. The molecule has 0 amide bonds. The van der Waals surface area contributed by atoms with E-state index in [1.54, 1.807) is 19.9 Å². The van der Waals surface area contributed by atoms with Crippen LogP contribution in [0.25, 0.3) is 22.3 Å². The zero-order chi connectivity index (χ0) is 43.2. The molecule has 0 unspecified atom stereocenters. The van der Waals surface area contributed by atoms with Gasteiger partial charge in [-0.15, -0.1) is 0 Å². The maximum Gasteiger partial charge on any atom is 0.333 e. The molecule has 8 heteroatoms. The predicted molar refractivity (Wildman–Crippen MR) is 239 cm³/mol. The van der Waals surface area contributed by atoms with Gasteiger partial charge < -0.3 is 23.7 Å². The highest BCUT2D eigenvalue weighted by Gasteiger charge is 2.30. The first-order valence-corrected chi connectivity index (χ1v) is 22.4. The zero-order valence-electron chi connectivity index (χ0n) is 37.2. The van der Waals surface area contributed by atoms with Crippen LogP contribution in [0.5, 0.6) is 5.75 Å². The number of carbonyl (C=O) groups is 2. The van der Waals surface area contributed by atoms with Crippen LogP contribution in [0.3, 0.4) is 0 Å². The molecule has 0 bridgehead atoms. The van der Waals surface area contributed by atoms with E-state index >= 15 is 4.39 Å². The summed E-state index contributed by atoms with van der Waals surface area (Å²) in [7, 11) is 0. The highest BCUT2D eigenvalue weighted by Crippen LogP contribution is 2.41. The summed E-state index contributed by atoms with van der Waals surface area (Å²) in [6, 6.07) is 16.2. The standard InChI is InChI=1S/C52H69FO7/c1-9-11-12-15-37-18-20-39(21-19-37)42-26-27-45(48(53)31-42)40-22-24-41(25-23-40)47-30-43(16-13-28-56-50(54)35(3)4)49(58-32-38-33-59-52(7,8)60-34-38)46(44(47)10-2)17-14-29-57-51(55)36(5)6/h22-27,30-31,37-39H,3,5,9-21,28-29,32-34H2,1-2,4,6-8H3. The Hall–Kier alpha value is -4.27. The number of esters is 2. The fourth-order valence-electron chi connectivity index (χ4n) is 8.54. The number of unbranched alkanes of at least 4 members (excludes halogenated alkanes) is 2. The lowest BCUT2D eigenvalue weighted by Gasteiger charge is -2.35. The van der Waals surface area contributed by atoms with E-state index in [0.29, 0.717) is 68.1 Å². The molecular weight excluding hydrogens is 756 g/mol. The van der Waals surface area contributed by atoms with Gasteiger partial charge >= 0.3 is 11.9 Å². The summed E-state index contributed by atoms with van der Waals surface area (Å²) < 4.78 is 45.6. The molecular formula is C52H69FO7. The van der Waals surface area contributed by atoms with Crippen molar-refractivity contribution in [3.05, 3.63) is 101 Å². The van der Waals surface area contributed by atoms with Crippen molar-refractivity contribution < 1.29 is 37.7 Å². The van der Waals surface area contributed by atoms with E-state index in [9.17, 15) is 9.59 Å². The van der Waals surface area contributed by atoms with Crippen molar-refractivity contribution in [2.45, 2.75) is 137 Å². The second-order valence-corrected chi connectivity index (χ2v) is 17.5. The van der Waals surface area contributed by atoms with Gasteiger partial charge in [-0.1, -0.05) is 89.1 Å². The van der Waals surface area contributed by atoms with Gasteiger partial charge in [0.2, 0.25) is 0 Å². The van der Waals surface area contributed by atoms with Crippen LogP contribution in [-0.4, -0.2) is 50.8 Å². The third-order valence-corrected chi connectivity index (χ3v) is 12.1. The molecule has 1 saturated heterocycles. The Morgan fingerprint density at radius 3 is 1.92 bits per heavy atom. The Balaban J connectivity index is 1.43. The number of ether oxygens (including phenoxy) is 5. The van der Waals surface area contributed by atoms with Crippen LogP contribution < -0.4 is 4.74 Å². The third kappa shape index (κ3) is 13.1. The summed E-state index contributed by atoms with van der Waals surface area (Å²) in [5.41, 5.74) is 8.52. The quantitative estimate of drug-likeness (QED) is 0.0601. The average Bonchev–Trinajstić information content (AvgIpc) is 3.23. The van der Waals surface area contributed by atoms with E-state index in [1.807, 2.05) is 32.0 Å². The van der Waals surface area contributed by atoms with Gasteiger partial charge in [-0.05, 0) is 148 Å². The number of aryl methyl sites for hydroxylation is 1. The van der Waals surface area contributed by atoms with Crippen LogP contribution >= 0.6 is 0 Å². The molecule has 3 aromatic rings. The van der Waals surface area contributed by atoms with E-state index in [1.165, 1.54) is 38.5 Å². The van der Waals surface area contributed by atoms with Crippen molar-refractivity contribution in [3.8, 4) is 28.0 Å². The van der Waals surface area contributed by atoms with Crippen LogP contribution in [0, 0.1) is 17.7 Å². The molecule has 0 spiro atoms. The molecule has 2 fully saturated rings. The fourth-order valence-corrected chi connectivity index (χ4v) is 8.54. The molecule has 0 atom stereocenters. The number of benzene rings is 3. The van der Waals surface area contributed by atoms with Gasteiger partial charge in [0.25, 0.3) is 0 Å². The molecule has 1 aliphatic heterocycles. The van der Waals surface area contributed by atoms with Crippen molar-refractivity contribution in [2.24, 2.45) is 11.8 Å². The predicted octanol–water partition coefficient (Wildman–Crippen LogP) is 12.5. The number of hydrogen-bond donors (Lipinski definition) is 0. The molecule has 1 aliphatic carbocycles. The lowest BCUT2D eigenvalue weighted by Crippen LogP contribution is -2.41. The van der Waals surface area contributed by atoms with Crippen molar-refractivity contribution in [2.75, 3.05) is 33.0 Å². The highest BCUT2D eigenvalue weighted by molar-refractivity contribution is 5.87. The molecule has 0 aromatic heterocycles. The number of rotatable bonds is 21. The van der Waals surface area contributed by atoms with Gasteiger partial charge in [-0.25, -0.2) is 14.0 Å². The van der Waals surface area contributed by atoms with E-state index < -0.39 is 17.7 Å². The molecule has 7 nitrogen and oxygen atoms in total. The Bertz CT molecular complexity index is 1910. The second-order valence-electron chi connectivity index (χ2n) is 17.5. The summed E-state index contributed by atoms with van der Waals surface area (Å²) in [6.45, 7) is 20.8. The van der Waals surface area contributed by atoms with E-state index in [-0.39, 0.29) is 24.9 Å². The third-order valence-electron chi connectivity index (χ3n) is 12.1. The second kappa shape index (κ2) is 22.5. The summed E-state index contributed by atoms with van der Waals surface area (Å²) in [5.74, 6) is 0.436. The Morgan fingerprint density at radius 1 is 0.750 bits per heavy atom. The topological polar surface area (TPSA) is 80.3 Å². The van der Waals surface area contributed by atoms with Gasteiger partial charge in [-0.3, -0.25) is 0 Å². The largest absolute Gasteiger partial charge is 0.493 e. The lowest BCUT2D eigenvalue weighted by molar-refractivity contribution is -0.264. The van der Waals surface area contributed by atoms with Gasteiger partial charge in [0.15, 0.2) is 5.79 Å². The monoisotopic (exact) mass is 825 g/mol.